The normalized spacial score (nSPS) is 23.2. The van der Waals surface area contributed by atoms with Crippen LogP contribution >= 0.6 is 11.8 Å². The van der Waals surface area contributed by atoms with Gasteiger partial charge in [0.05, 0.1) is 11.3 Å². The van der Waals surface area contributed by atoms with Crippen molar-refractivity contribution in [1.82, 2.24) is 4.90 Å². The summed E-state index contributed by atoms with van der Waals surface area (Å²) in [4.78, 5) is 29.4. The fraction of sp³-hybridized carbons (Fsp3) is 0.400. The maximum atomic E-state index is 12.0. The predicted molar refractivity (Wildman–Crippen MR) is 79.2 cm³/mol. The van der Waals surface area contributed by atoms with E-state index in [4.69, 9.17) is 4.74 Å². The van der Waals surface area contributed by atoms with Crippen LogP contribution in [0, 0.1) is 0 Å². The molecule has 21 heavy (non-hydrogen) atoms. The smallest absolute Gasteiger partial charge is 0.339 e. The fourth-order valence-corrected chi connectivity index (χ4v) is 4.08. The first-order chi connectivity index (χ1) is 10.2. The van der Waals surface area contributed by atoms with Crippen molar-refractivity contribution in [3.8, 4) is 0 Å². The molecule has 0 aromatic heterocycles. The molecular weight excluding hydrogens is 288 g/mol. The molecule has 0 radical (unpaired) electrons. The number of rotatable bonds is 0. The van der Waals surface area contributed by atoms with Crippen molar-refractivity contribution in [3.63, 3.8) is 0 Å². The number of amides is 1. The molecule has 4 rings (SSSR count). The van der Waals surface area contributed by atoms with E-state index in [-0.39, 0.29) is 11.9 Å². The Balaban J connectivity index is 1.57. The molecule has 108 valence electrons. The van der Waals surface area contributed by atoms with Crippen LogP contribution < -0.4 is 0 Å². The van der Waals surface area contributed by atoms with Crippen LogP contribution in [-0.4, -0.2) is 40.8 Å². The number of thioether (sulfide) groups is 1. The molecule has 0 bridgehead atoms. The van der Waals surface area contributed by atoms with Gasteiger partial charge < -0.3 is 9.64 Å². The standard InChI is InChI=1S/C15H14N2O3S/c18-12-9-21-14(16-12)17-7-5-15(6-8-17)11-4-2-1-3-10(11)13(19)20-15/h1-4H,5-9H2. The van der Waals surface area contributed by atoms with Crippen LogP contribution in [-0.2, 0) is 15.1 Å². The van der Waals surface area contributed by atoms with E-state index in [0.29, 0.717) is 11.3 Å². The largest absolute Gasteiger partial charge is 0.450 e. The lowest BCUT2D eigenvalue weighted by Gasteiger charge is -2.39. The van der Waals surface area contributed by atoms with Gasteiger partial charge in [0.2, 0.25) is 0 Å². The summed E-state index contributed by atoms with van der Waals surface area (Å²) in [5.74, 6) is 0.157. The quantitative estimate of drug-likeness (QED) is 0.684. The number of ether oxygens (including phenoxy) is 1. The van der Waals surface area contributed by atoms with Crippen molar-refractivity contribution in [3.05, 3.63) is 35.4 Å². The number of amidine groups is 1. The van der Waals surface area contributed by atoms with Gasteiger partial charge in [0.25, 0.3) is 5.91 Å². The van der Waals surface area contributed by atoms with E-state index in [1.165, 1.54) is 11.8 Å². The molecular formula is C15H14N2O3S. The Morgan fingerprint density at radius 1 is 1.19 bits per heavy atom. The second-order valence-electron chi connectivity index (χ2n) is 5.49. The second kappa shape index (κ2) is 4.59. The van der Waals surface area contributed by atoms with Crippen molar-refractivity contribution in [2.24, 2.45) is 4.99 Å². The lowest BCUT2D eigenvalue weighted by atomic mass is 9.84. The zero-order chi connectivity index (χ0) is 14.4. The number of hydrogen-bond acceptors (Lipinski definition) is 5. The maximum Gasteiger partial charge on any atom is 0.339 e. The van der Waals surface area contributed by atoms with Crippen molar-refractivity contribution in [2.45, 2.75) is 18.4 Å². The Kier molecular flexibility index (Phi) is 2.82. The summed E-state index contributed by atoms with van der Waals surface area (Å²) >= 11 is 1.49. The van der Waals surface area contributed by atoms with Gasteiger partial charge in [-0.3, -0.25) is 4.79 Å². The molecule has 1 aromatic rings. The Morgan fingerprint density at radius 2 is 1.95 bits per heavy atom. The van der Waals surface area contributed by atoms with Crippen LogP contribution in [0.25, 0.3) is 0 Å². The van der Waals surface area contributed by atoms with Crippen molar-refractivity contribution >= 4 is 28.8 Å². The third kappa shape index (κ3) is 1.97. The second-order valence-corrected chi connectivity index (χ2v) is 6.44. The van der Waals surface area contributed by atoms with Crippen LogP contribution in [0.15, 0.2) is 29.3 Å². The van der Waals surface area contributed by atoms with Gasteiger partial charge in [-0.1, -0.05) is 30.0 Å². The highest BCUT2D eigenvalue weighted by molar-refractivity contribution is 8.14. The molecule has 0 saturated carbocycles. The number of piperidine rings is 1. The van der Waals surface area contributed by atoms with Gasteiger partial charge in [-0.05, 0) is 6.07 Å². The molecule has 1 aromatic carbocycles. The van der Waals surface area contributed by atoms with Crippen molar-refractivity contribution in [2.75, 3.05) is 18.8 Å². The fourth-order valence-electron chi connectivity index (χ4n) is 3.24. The van der Waals surface area contributed by atoms with Crippen LogP contribution in [0.5, 0.6) is 0 Å². The van der Waals surface area contributed by atoms with Crippen molar-refractivity contribution < 1.29 is 14.3 Å². The monoisotopic (exact) mass is 302 g/mol. The Labute approximate surface area is 126 Å². The van der Waals surface area contributed by atoms with Crippen LogP contribution in [0.4, 0.5) is 0 Å². The van der Waals surface area contributed by atoms with E-state index in [9.17, 15) is 9.59 Å². The Bertz CT molecular complexity index is 663. The zero-order valence-electron chi connectivity index (χ0n) is 11.4. The van der Waals surface area contributed by atoms with Crippen LogP contribution in [0.2, 0.25) is 0 Å². The number of benzene rings is 1. The minimum absolute atomic E-state index is 0.0621. The summed E-state index contributed by atoms with van der Waals surface area (Å²) in [6, 6.07) is 7.63. The van der Waals surface area contributed by atoms with Crippen LogP contribution in [0.3, 0.4) is 0 Å². The SMILES string of the molecule is O=C1CSC(N2CCC3(CC2)OC(=O)c2ccccc23)=N1. The summed E-state index contributed by atoms with van der Waals surface area (Å²) in [6.07, 6.45) is 1.48. The number of carbonyl (C=O) groups is 2. The molecule has 0 atom stereocenters. The number of fused-ring (bicyclic) bond motifs is 2. The van der Waals surface area contributed by atoms with E-state index >= 15 is 0 Å². The summed E-state index contributed by atoms with van der Waals surface area (Å²) < 4.78 is 5.71. The van der Waals surface area contributed by atoms with Gasteiger partial charge >= 0.3 is 5.97 Å². The van der Waals surface area contributed by atoms with Gasteiger partial charge in [0, 0.05) is 31.5 Å². The molecule has 3 aliphatic rings. The molecule has 1 fully saturated rings. The highest BCUT2D eigenvalue weighted by Crippen LogP contribution is 2.44. The van der Waals surface area contributed by atoms with E-state index in [2.05, 4.69) is 9.89 Å². The Morgan fingerprint density at radius 3 is 2.67 bits per heavy atom. The van der Waals surface area contributed by atoms with E-state index in [1.54, 1.807) is 0 Å². The number of likely N-dealkylation sites (tertiary alicyclic amines) is 1. The third-order valence-electron chi connectivity index (χ3n) is 4.31. The molecule has 6 heteroatoms. The Hall–Kier alpha value is -1.82. The number of carbonyl (C=O) groups excluding carboxylic acids is 2. The van der Waals surface area contributed by atoms with Gasteiger partial charge in [0.1, 0.15) is 5.60 Å². The summed E-state index contributed by atoms with van der Waals surface area (Å²) in [6.45, 7) is 1.50. The van der Waals surface area contributed by atoms with Crippen molar-refractivity contribution in [1.29, 1.82) is 0 Å². The summed E-state index contributed by atoms with van der Waals surface area (Å²) in [7, 11) is 0. The molecule has 5 nitrogen and oxygen atoms in total. The molecule has 0 aliphatic carbocycles. The number of esters is 1. The third-order valence-corrected chi connectivity index (χ3v) is 5.31. The van der Waals surface area contributed by atoms with Gasteiger partial charge in [-0.15, -0.1) is 0 Å². The first kappa shape index (κ1) is 12.9. The molecule has 0 unspecified atom stereocenters. The first-order valence-corrected chi connectivity index (χ1v) is 7.99. The minimum Gasteiger partial charge on any atom is -0.450 e. The molecule has 1 saturated heterocycles. The molecule has 3 aliphatic heterocycles. The molecule has 3 heterocycles. The maximum absolute atomic E-state index is 12.0. The number of hydrogen-bond donors (Lipinski definition) is 0. The van der Waals surface area contributed by atoms with Gasteiger partial charge in [0.15, 0.2) is 5.17 Å². The summed E-state index contributed by atoms with van der Waals surface area (Å²) in [5, 5.41) is 0.812. The first-order valence-electron chi connectivity index (χ1n) is 7.00. The van der Waals surface area contributed by atoms with E-state index in [0.717, 1.165) is 36.7 Å². The zero-order valence-corrected chi connectivity index (χ0v) is 12.2. The average Bonchev–Trinajstić information content (AvgIpc) is 3.04. The van der Waals surface area contributed by atoms with E-state index < -0.39 is 5.60 Å². The lowest BCUT2D eigenvalue weighted by molar-refractivity contribution is -0.115. The topological polar surface area (TPSA) is 59.0 Å². The van der Waals surface area contributed by atoms with Crippen LogP contribution in [0.1, 0.15) is 28.8 Å². The molecule has 1 amide bonds. The summed E-state index contributed by atoms with van der Waals surface area (Å²) in [5.41, 5.74) is 1.21. The molecule has 0 N–H and O–H groups in total. The number of aliphatic imine (C=N–C) groups is 1. The van der Waals surface area contributed by atoms with Gasteiger partial charge in [-0.2, -0.15) is 4.99 Å². The predicted octanol–water partition coefficient (Wildman–Crippen LogP) is 1.78. The average molecular weight is 302 g/mol. The van der Waals surface area contributed by atoms with E-state index in [1.807, 2.05) is 24.3 Å². The lowest BCUT2D eigenvalue weighted by Crippen LogP contribution is -2.44. The minimum atomic E-state index is -0.488. The molecule has 1 spiro atoms. The highest BCUT2D eigenvalue weighted by Gasteiger charge is 2.47. The number of nitrogens with zero attached hydrogens (tertiary/aromatic N) is 2. The highest BCUT2D eigenvalue weighted by atomic mass is 32.2. The van der Waals surface area contributed by atoms with Gasteiger partial charge in [-0.25, -0.2) is 4.79 Å².